The number of fused-ring (bicyclic) bond motifs is 1. The van der Waals surface area contributed by atoms with Crippen molar-refractivity contribution in [3.63, 3.8) is 0 Å². The molecule has 0 bridgehead atoms. The van der Waals surface area contributed by atoms with Gasteiger partial charge in [-0.15, -0.1) is 0 Å². The van der Waals surface area contributed by atoms with Gasteiger partial charge in [-0.3, -0.25) is 4.79 Å². The summed E-state index contributed by atoms with van der Waals surface area (Å²) in [6.07, 6.45) is 1.21. The molecule has 1 N–H and O–H groups in total. The lowest BCUT2D eigenvalue weighted by atomic mass is 10.1. The van der Waals surface area contributed by atoms with Crippen LogP contribution in [0.1, 0.15) is 15.9 Å². The Labute approximate surface area is 149 Å². The van der Waals surface area contributed by atoms with Gasteiger partial charge in [0.25, 0.3) is 0 Å². The molecule has 0 aliphatic carbocycles. The van der Waals surface area contributed by atoms with Crippen LogP contribution in [-0.4, -0.2) is 15.6 Å². The summed E-state index contributed by atoms with van der Waals surface area (Å²) in [7, 11) is 0. The Morgan fingerprint density at radius 3 is 2.71 bits per heavy atom. The predicted molar refractivity (Wildman–Crippen MR) is 93.4 cm³/mol. The molecule has 7 heteroatoms. The van der Waals surface area contributed by atoms with Gasteiger partial charge in [0.1, 0.15) is 11.4 Å². The largest absolute Gasteiger partial charge is 0.477 e. The van der Waals surface area contributed by atoms with Crippen LogP contribution in [0.15, 0.2) is 51.9 Å². The fourth-order valence-corrected chi connectivity index (χ4v) is 3.09. The first-order valence-electron chi connectivity index (χ1n) is 6.87. The Kier molecular flexibility index (Phi) is 4.43. The van der Waals surface area contributed by atoms with Gasteiger partial charge in [0.05, 0.1) is 12.1 Å². The third-order valence-corrected chi connectivity index (χ3v) is 4.51. The zero-order valence-corrected chi connectivity index (χ0v) is 14.4. The SMILES string of the molecule is O=C(O)c1cn(Cc2c(F)cccc2Cl)c2ccc(Br)cc2c1=O. The molecular formula is C17H10BrClFNO3. The summed E-state index contributed by atoms with van der Waals surface area (Å²) < 4.78 is 16.2. The molecule has 3 aromatic rings. The molecule has 0 unspecified atom stereocenters. The van der Waals surface area contributed by atoms with E-state index in [2.05, 4.69) is 15.9 Å². The zero-order valence-electron chi connectivity index (χ0n) is 12.1. The van der Waals surface area contributed by atoms with Gasteiger partial charge in [0, 0.05) is 26.6 Å². The molecular weight excluding hydrogens is 401 g/mol. The van der Waals surface area contributed by atoms with Gasteiger partial charge in [-0.05, 0) is 30.3 Å². The van der Waals surface area contributed by atoms with E-state index < -0.39 is 17.2 Å². The van der Waals surface area contributed by atoms with Crippen LogP contribution in [0.3, 0.4) is 0 Å². The van der Waals surface area contributed by atoms with Gasteiger partial charge in [-0.1, -0.05) is 33.6 Å². The quantitative estimate of drug-likeness (QED) is 0.700. The number of carboxylic acid groups (broad SMARTS) is 1. The normalized spacial score (nSPS) is 11.0. The maximum atomic E-state index is 14.1. The van der Waals surface area contributed by atoms with Crippen molar-refractivity contribution >= 4 is 44.4 Å². The highest BCUT2D eigenvalue weighted by atomic mass is 79.9. The van der Waals surface area contributed by atoms with Gasteiger partial charge in [0.2, 0.25) is 5.43 Å². The molecule has 0 saturated carbocycles. The number of carbonyl (C=O) groups is 1. The maximum Gasteiger partial charge on any atom is 0.341 e. The Hall–Kier alpha value is -2.18. The number of nitrogens with zero attached hydrogens (tertiary/aromatic N) is 1. The van der Waals surface area contributed by atoms with E-state index in [0.717, 1.165) is 0 Å². The van der Waals surface area contributed by atoms with E-state index in [0.29, 0.717) is 9.99 Å². The van der Waals surface area contributed by atoms with Crippen LogP contribution >= 0.6 is 27.5 Å². The Morgan fingerprint density at radius 2 is 2.04 bits per heavy atom. The van der Waals surface area contributed by atoms with E-state index in [1.54, 1.807) is 24.3 Å². The molecule has 1 heterocycles. The number of hydrogen-bond donors (Lipinski definition) is 1. The summed E-state index contributed by atoms with van der Waals surface area (Å²) in [5.41, 5.74) is -0.251. The van der Waals surface area contributed by atoms with Gasteiger partial charge in [-0.2, -0.15) is 0 Å². The highest BCUT2D eigenvalue weighted by Gasteiger charge is 2.16. The molecule has 0 aliphatic rings. The summed E-state index contributed by atoms with van der Waals surface area (Å²) in [6.45, 7) is 0.00417. The minimum atomic E-state index is -1.34. The second kappa shape index (κ2) is 6.37. The number of pyridine rings is 1. The second-order valence-electron chi connectivity index (χ2n) is 5.17. The number of halogens is 3. The van der Waals surface area contributed by atoms with Crippen molar-refractivity contribution in [2.45, 2.75) is 6.54 Å². The van der Waals surface area contributed by atoms with Crippen LogP contribution in [0, 0.1) is 5.82 Å². The van der Waals surface area contributed by atoms with Gasteiger partial charge < -0.3 is 9.67 Å². The van der Waals surface area contributed by atoms with Gasteiger partial charge in [0.15, 0.2) is 0 Å². The van der Waals surface area contributed by atoms with Crippen molar-refractivity contribution in [2.75, 3.05) is 0 Å². The molecule has 1 aromatic heterocycles. The van der Waals surface area contributed by atoms with Crippen molar-refractivity contribution in [2.24, 2.45) is 0 Å². The number of rotatable bonds is 3. The highest BCUT2D eigenvalue weighted by Crippen LogP contribution is 2.23. The first kappa shape index (κ1) is 16.7. The molecule has 4 nitrogen and oxygen atoms in total. The van der Waals surface area contributed by atoms with Crippen LogP contribution in [0.4, 0.5) is 4.39 Å². The van der Waals surface area contributed by atoms with Crippen molar-refractivity contribution in [1.29, 1.82) is 0 Å². The molecule has 3 rings (SSSR count). The van der Waals surface area contributed by atoms with Crippen molar-refractivity contribution < 1.29 is 14.3 Å². The molecule has 0 amide bonds. The van der Waals surface area contributed by atoms with Crippen molar-refractivity contribution in [3.8, 4) is 0 Å². The second-order valence-corrected chi connectivity index (χ2v) is 6.49. The molecule has 0 saturated heterocycles. The molecule has 122 valence electrons. The fraction of sp³-hybridized carbons (Fsp3) is 0.0588. The average Bonchev–Trinajstić information content (AvgIpc) is 2.53. The Morgan fingerprint density at radius 1 is 1.29 bits per heavy atom. The number of hydrogen-bond acceptors (Lipinski definition) is 2. The van der Waals surface area contributed by atoms with E-state index in [1.165, 1.54) is 22.9 Å². The molecule has 24 heavy (non-hydrogen) atoms. The van der Waals surface area contributed by atoms with Crippen LogP contribution in [0.2, 0.25) is 5.02 Å². The molecule has 0 fully saturated rings. The Balaban J connectivity index is 2.29. The number of aromatic carboxylic acids is 1. The van der Waals surface area contributed by atoms with E-state index >= 15 is 0 Å². The highest BCUT2D eigenvalue weighted by molar-refractivity contribution is 9.10. The average molecular weight is 411 g/mol. The molecule has 0 aliphatic heterocycles. The lowest BCUT2D eigenvalue weighted by molar-refractivity contribution is 0.0695. The standard InChI is InChI=1S/C17H10BrClFNO3/c18-9-4-5-15-10(6-9)16(22)12(17(23)24)8-21(15)7-11-13(19)2-1-3-14(11)20/h1-6,8H,7H2,(H,23,24). The lowest BCUT2D eigenvalue weighted by Crippen LogP contribution is -2.19. The summed E-state index contributed by atoms with van der Waals surface area (Å²) in [6, 6.07) is 9.26. The van der Waals surface area contributed by atoms with Crippen LogP contribution in [0.5, 0.6) is 0 Å². The number of aromatic nitrogens is 1. The first-order chi connectivity index (χ1) is 11.4. The summed E-state index contributed by atoms with van der Waals surface area (Å²) >= 11 is 9.32. The van der Waals surface area contributed by atoms with E-state index in [1.807, 2.05) is 0 Å². The Bertz CT molecular complexity index is 1010. The number of carboxylic acids is 1. The summed E-state index contributed by atoms with van der Waals surface area (Å²) in [5.74, 6) is -1.83. The van der Waals surface area contributed by atoms with E-state index in [4.69, 9.17) is 11.6 Å². The van der Waals surface area contributed by atoms with Crippen LogP contribution < -0.4 is 5.43 Å². The smallest absolute Gasteiger partial charge is 0.341 e. The monoisotopic (exact) mass is 409 g/mol. The maximum absolute atomic E-state index is 14.1. The van der Waals surface area contributed by atoms with E-state index in [9.17, 15) is 19.1 Å². The van der Waals surface area contributed by atoms with Gasteiger partial charge >= 0.3 is 5.97 Å². The third-order valence-electron chi connectivity index (χ3n) is 3.66. The van der Waals surface area contributed by atoms with Gasteiger partial charge in [-0.25, -0.2) is 9.18 Å². The predicted octanol–water partition coefficient (Wildman–Crippen LogP) is 4.30. The minimum Gasteiger partial charge on any atom is -0.477 e. The zero-order chi connectivity index (χ0) is 17.4. The lowest BCUT2D eigenvalue weighted by Gasteiger charge is -2.14. The van der Waals surface area contributed by atoms with Crippen LogP contribution in [-0.2, 0) is 6.54 Å². The van der Waals surface area contributed by atoms with Crippen LogP contribution in [0.25, 0.3) is 10.9 Å². The molecule has 0 radical (unpaired) electrons. The molecule has 0 atom stereocenters. The first-order valence-corrected chi connectivity index (χ1v) is 8.04. The van der Waals surface area contributed by atoms with Crippen molar-refractivity contribution in [3.05, 3.63) is 79.3 Å². The summed E-state index contributed by atoms with van der Waals surface area (Å²) in [4.78, 5) is 23.7. The molecule has 2 aromatic carbocycles. The fourth-order valence-electron chi connectivity index (χ4n) is 2.51. The number of benzene rings is 2. The van der Waals surface area contributed by atoms with Crippen molar-refractivity contribution in [1.82, 2.24) is 4.57 Å². The topological polar surface area (TPSA) is 59.3 Å². The van der Waals surface area contributed by atoms with E-state index in [-0.39, 0.29) is 28.1 Å². The third kappa shape index (κ3) is 2.95. The summed E-state index contributed by atoms with van der Waals surface area (Å²) in [5, 5.41) is 9.73. The molecule has 0 spiro atoms. The minimum absolute atomic E-state index is 0.00417.